The van der Waals surface area contributed by atoms with E-state index in [2.05, 4.69) is 34.9 Å². The van der Waals surface area contributed by atoms with Gasteiger partial charge in [-0.05, 0) is 65.6 Å². The number of fused-ring (bicyclic) bond motifs is 3. The zero-order chi connectivity index (χ0) is 29.6. The molecule has 8 heteroatoms. The number of likely N-dealkylation sites (N-methyl/N-ethyl adjacent to an activating group) is 1. The van der Waals surface area contributed by atoms with Crippen molar-refractivity contribution in [1.29, 1.82) is 0 Å². The van der Waals surface area contributed by atoms with Crippen LogP contribution in [0.5, 0.6) is 0 Å². The summed E-state index contributed by atoms with van der Waals surface area (Å²) in [4.78, 5) is 39.4. The van der Waals surface area contributed by atoms with E-state index in [9.17, 15) is 19.5 Å². The predicted octanol–water partition coefficient (Wildman–Crippen LogP) is 5.67. The maximum absolute atomic E-state index is 12.9. The normalized spacial score (nSPS) is 12.7. The lowest BCUT2D eigenvalue weighted by Crippen LogP contribution is -2.47. The van der Waals surface area contributed by atoms with Crippen molar-refractivity contribution in [3.8, 4) is 11.1 Å². The largest absolute Gasteiger partial charge is 0.480 e. The van der Waals surface area contributed by atoms with E-state index in [4.69, 9.17) is 4.74 Å². The van der Waals surface area contributed by atoms with Gasteiger partial charge < -0.3 is 15.2 Å². The minimum absolute atomic E-state index is 0.0516. The summed E-state index contributed by atoms with van der Waals surface area (Å²) in [5.41, 5.74) is 7.05. The van der Waals surface area contributed by atoms with Crippen LogP contribution in [-0.4, -0.2) is 54.2 Å². The van der Waals surface area contributed by atoms with E-state index in [1.54, 1.807) is 25.1 Å². The molecule has 214 valence electrons. The van der Waals surface area contributed by atoms with Crippen LogP contribution in [0.15, 0.2) is 97.1 Å². The van der Waals surface area contributed by atoms with E-state index in [-0.39, 0.29) is 19.1 Å². The van der Waals surface area contributed by atoms with Gasteiger partial charge in [-0.2, -0.15) is 0 Å². The van der Waals surface area contributed by atoms with Gasteiger partial charge in [-0.25, -0.2) is 9.59 Å². The Bertz CT molecular complexity index is 1560. The van der Waals surface area contributed by atoms with Gasteiger partial charge in [0.15, 0.2) is 0 Å². The number of nitrogens with zero attached hydrogens (tertiary/aromatic N) is 1. The van der Waals surface area contributed by atoms with Crippen molar-refractivity contribution in [2.24, 2.45) is 0 Å². The van der Waals surface area contributed by atoms with Crippen LogP contribution in [-0.2, 0) is 16.1 Å². The molecule has 4 aromatic carbocycles. The molecule has 0 bridgehead atoms. The fourth-order valence-electron chi connectivity index (χ4n) is 5.39. The highest BCUT2D eigenvalue weighted by molar-refractivity contribution is 5.97. The number of carboxylic acids is 1. The molecular weight excluding hydrogens is 530 g/mol. The number of hydrogen-bond acceptors (Lipinski definition) is 5. The van der Waals surface area contributed by atoms with Crippen molar-refractivity contribution in [3.63, 3.8) is 0 Å². The van der Waals surface area contributed by atoms with E-state index >= 15 is 0 Å². The van der Waals surface area contributed by atoms with Crippen LogP contribution < -0.4 is 10.6 Å². The van der Waals surface area contributed by atoms with Crippen LogP contribution in [0.25, 0.3) is 11.1 Å². The number of hydrogen-bond donors (Lipinski definition) is 3. The van der Waals surface area contributed by atoms with E-state index in [0.29, 0.717) is 23.4 Å². The standard InChI is InChI=1S/C34H33N3O5/c1-22-18-24(32(38)35-31(33(39)40)20-37(2)19-23-10-4-3-5-11-23)16-17-30(22)36-34(41)42-21-29-27-14-8-6-12-25(27)26-13-7-9-15-28(26)29/h3-18,29,31H,19-21H2,1-2H3,(H,35,38)(H,36,41)(H,39,40). The fourth-order valence-corrected chi connectivity index (χ4v) is 5.39. The highest BCUT2D eigenvalue weighted by Crippen LogP contribution is 2.44. The molecular formula is C34H33N3O5. The van der Waals surface area contributed by atoms with Crippen molar-refractivity contribution < 1.29 is 24.2 Å². The number of carbonyl (C=O) groups is 3. The van der Waals surface area contributed by atoms with Crippen molar-refractivity contribution in [3.05, 3.63) is 125 Å². The maximum atomic E-state index is 12.9. The summed E-state index contributed by atoms with van der Waals surface area (Å²) in [5, 5.41) is 15.1. The van der Waals surface area contributed by atoms with Gasteiger partial charge in [0.05, 0.1) is 0 Å². The molecule has 0 saturated carbocycles. The maximum Gasteiger partial charge on any atom is 0.411 e. The molecule has 5 rings (SSSR count). The Morgan fingerprint density at radius 1 is 0.881 bits per heavy atom. The number of benzene rings is 4. The summed E-state index contributed by atoms with van der Waals surface area (Å²) in [6.07, 6.45) is -0.593. The van der Waals surface area contributed by atoms with Crippen LogP contribution >= 0.6 is 0 Å². The van der Waals surface area contributed by atoms with Gasteiger partial charge in [0.1, 0.15) is 12.6 Å². The average molecular weight is 564 g/mol. The molecule has 1 unspecified atom stereocenters. The first-order valence-corrected chi connectivity index (χ1v) is 13.8. The Morgan fingerprint density at radius 3 is 2.12 bits per heavy atom. The van der Waals surface area contributed by atoms with Gasteiger partial charge in [0.25, 0.3) is 5.91 Å². The third kappa shape index (κ3) is 6.50. The molecule has 8 nitrogen and oxygen atoms in total. The molecule has 1 atom stereocenters. The minimum Gasteiger partial charge on any atom is -0.480 e. The molecule has 2 amide bonds. The highest BCUT2D eigenvalue weighted by atomic mass is 16.5. The zero-order valence-electron chi connectivity index (χ0n) is 23.5. The molecule has 3 N–H and O–H groups in total. The number of anilines is 1. The third-order valence-electron chi connectivity index (χ3n) is 7.46. The third-order valence-corrected chi connectivity index (χ3v) is 7.46. The van der Waals surface area contributed by atoms with Crippen LogP contribution in [0.4, 0.5) is 10.5 Å². The molecule has 0 aliphatic heterocycles. The van der Waals surface area contributed by atoms with Gasteiger partial charge in [0.2, 0.25) is 0 Å². The van der Waals surface area contributed by atoms with E-state index in [1.165, 1.54) is 0 Å². The topological polar surface area (TPSA) is 108 Å². The van der Waals surface area contributed by atoms with Gasteiger partial charge in [-0.3, -0.25) is 15.0 Å². The Hall–Kier alpha value is -4.95. The highest BCUT2D eigenvalue weighted by Gasteiger charge is 2.29. The zero-order valence-corrected chi connectivity index (χ0v) is 23.5. The molecule has 1 aliphatic carbocycles. The number of nitrogens with one attached hydrogen (secondary N) is 2. The number of ether oxygens (including phenoxy) is 1. The second kappa shape index (κ2) is 12.7. The number of rotatable bonds is 10. The first-order chi connectivity index (χ1) is 20.3. The van der Waals surface area contributed by atoms with Crippen molar-refractivity contribution in [1.82, 2.24) is 10.2 Å². The average Bonchev–Trinajstić information content (AvgIpc) is 3.30. The van der Waals surface area contributed by atoms with E-state index in [0.717, 1.165) is 27.8 Å². The molecule has 4 aromatic rings. The number of carbonyl (C=O) groups excluding carboxylic acids is 2. The van der Waals surface area contributed by atoms with Gasteiger partial charge in [-0.15, -0.1) is 0 Å². The Balaban J connectivity index is 1.17. The van der Waals surface area contributed by atoms with Crippen LogP contribution in [0.1, 0.15) is 38.5 Å². The lowest BCUT2D eigenvalue weighted by atomic mass is 9.98. The predicted molar refractivity (Wildman–Crippen MR) is 162 cm³/mol. The van der Waals surface area contributed by atoms with Crippen LogP contribution in [0, 0.1) is 6.92 Å². The van der Waals surface area contributed by atoms with Gasteiger partial charge in [0, 0.05) is 30.3 Å². The number of aryl methyl sites for hydroxylation is 1. The first kappa shape index (κ1) is 28.6. The summed E-state index contributed by atoms with van der Waals surface area (Å²) in [6.45, 7) is 2.64. The Kier molecular flexibility index (Phi) is 8.64. The number of aliphatic carboxylic acids is 1. The monoisotopic (exact) mass is 563 g/mol. The SMILES string of the molecule is Cc1cc(C(=O)NC(CN(C)Cc2ccccc2)C(=O)O)ccc1NC(=O)OCC1c2ccccc2-c2ccccc21. The Morgan fingerprint density at radius 2 is 1.50 bits per heavy atom. The van der Waals surface area contributed by atoms with Crippen LogP contribution in [0.3, 0.4) is 0 Å². The van der Waals surface area contributed by atoms with Gasteiger partial charge >= 0.3 is 12.1 Å². The van der Waals surface area contributed by atoms with Gasteiger partial charge in [-0.1, -0.05) is 78.9 Å². The van der Waals surface area contributed by atoms with E-state index in [1.807, 2.05) is 66.5 Å². The molecule has 1 aliphatic rings. The van der Waals surface area contributed by atoms with Crippen LogP contribution in [0.2, 0.25) is 0 Å². The molecule has 0 saturated heterocycles. The summed E-state index contributed by atoms with van der Waals surface area (Å²) < 4.78 is 5.64. The summed E-state index contributed by atoms with van der Waals surface area (Å²) >= 11 is 0. The molecule has 0 radical (unpaired) electrons. The molecule has 0 heterocycles. The minimum atomic E-state index is -1.12. The fraction of sp³-hybridized carbons (Fsp3) is 0.206. The smallest absolute Gasteiger partial charge is 0.411 e. The molecule has 0 fully saturated rings. The second-order valence-corrected chi connectivity index (χ2v) is 10.5. The second-order valence-electron chi connectivity index (χ2n) is 10.5. The lowest BCUT2D eigenvalue weighted by Gasteiger charge is -2.22. The number of amides is 2. The molecule has 0 aromatic heterocycles. The van der Waals surface area contributed by atoms with Crippen molar-refractivity contribution in [2.75, 3.05) is 25.5 Å². The summed E-state index contributed by atoms with van der Waals surface area (Å²) in [5.74, 6) is -1.68. The number of carboxylic acid groups (broad SMARTS) is 1. The molecule has 0 spiro atoms. The lowest BCUT2D eigenvalue weighted by molar-refractivity contribution is -0.139. The summed E-state index contributed by atoms with van der Waals surface area (Å²) in [6, 6.07) is 29.6. The summed E-state index contributed by atoms with van der Waals surface area (Å²) in [7, 11) is 1.81. The Labute approximate surface area is 244 Å². The molecule has 42 heavy (non-hydrogen) atoms. The van der Waals surface area contributed by atoms with Crippen molar-refractivity contribution in [2.45, 2.75) is 25.4 Å². The first-order valence-electron chi connectivity index (χ1n) is 13.8. The van der Waals surface area contributed by atoms with Crippen molar-refractivity contribution >= 4 is 23.7 Å². The quantitative estimate of drug-likeness (QED) is 0.229. The van der Waals surface area contributed by atoms with E-state index < -0.39 is 24.0 Å².